The minimum Gasteiger partial charge on any atom is -0.478 e. The van der Waals surface area contributed by atoms with Gasteiger partial charge in [0.2, 0.25) is 0 Å². The highest BCUT2D eigenvalue weighted by molar-refractivity contribution is 14.1. The first-order valence-corrected chi connectivity index (χ1v) is 10.6. The number of carboxylic acid groups (broad SMARTS) is 2. The Morgan fingerprint density at radius 3 is 1.41 bits per heavy atom. The fourth-order valence-corrected chi connectivity index (χ4v) is 4.88. The Morgan fingerprint density at radius 2 is 1.07 bits per heavy atom. The molecule has 29 heavy (non-hydrogen) atoms. The van der Waals surface area contributed by atoms with E-state index >= 15 is 0 Å². The molecule has 2 N–H and O–H groups in total. The SMILES string of the molecule is CC(=O)c1c(-c2c(I)cccc2C(=O)O)cccc1-c1c(I)cccc1C(=O)O. The highest BCUT2D eigenvalue weighted by Gasteiger charge is 2.24. The zero-order valence-electron chi connectivity index (χ0n) is 15.1. The van der Waals surface area contributed by atoms with Crippen LogP contribution in [0.5, 0.6) is 0 Å². The molecule has 0 aliphatic rings. The summed E-state index contributed by atoms with van der Waals surface area (Å²) in [5, 5.41) is 19.3. The molecule has 0 aliphatic carbocycles. The van der Waals surface area contributed by atoms with Gasteiger partial charge < -0.3 is 10.2 Å². The van der Waals surface area contributed by atoms with E-state index in [2.05, 4.69) is 0 Å². The molecule has 0 saturated heterocycles. The summed E-state index contributed by atoms with van der Waals surface area (Å²) in [6.45, 7) is 1.40. The van der Waals surface area contributed by atoms with Crippen molar-refractivity contribution in [2.24, 2.45) is 0 Å². The van der Waals surface area contributed by atoms with E-state index in [-0.39, 0.29) is 16.9 Å². The molecule has 0 amide bonds. The lowest BCUT2D eigenvalue weighted by atomic mass is 9.86. The summed E-state index contributed by atoms with van der Waals surface area (Å²) in [5.74, 6) is -2.47. The molecule has 146 valence electrons. The van der Waals surface area contributed by atoms with Crippen LogP contribution >= 0.6 is 45.2 Å². The molecule has 3 aromatic rings. The van der Waals surface area contributed by atoms with Gasteiger partial charge in [0.05, 0.1) is 11.1 Å². The van der Waals surface area contributed by atoms with Crippen molar-refractivity contribution in [3.63, 3.8) is 0 Å². The number of benzene rings is 3. The molecule has 0 bridgehead atoms. The monoisotopic (exact) mass is 612 g/mol. The lowest BCUT2D eigenvalue weighted by molar-refractivity contribution is 0.0687. The molecule has 3 rings (SSSR count). The lowest BCUT2D eigenvalue weighted by Gasteiger charge is -2.18. The number of ketones is 1. The van der Waals surface area contributed by atoms with Gasteiger partial charge in [0.15, 0.2) is 5.78 Å². The average Bonchev–Trinajstić information content (AvgIpc) is 2.66. The van der Waals surface area contributed by atoms with Gasteiger partial charge in [-0.3, -0.25) is 4.79 Å². The van der Waals surface area contributed by atoms with E-state index in [1.165, 1.54) is 19.1 Å². The van der Waals surface area contributed by atoms with Crippen LogP contribution in [-0.2, 0) is 0 Å². The van der Waals surface area contributed by atoms with Crippen molar-refractivity contribution in [2.45, 2.75) is 6.92 Å². The second-order valence-electron chi connectivity index (χ2n) is 6.22. The van der Waals surface area contributed by atoms with E-state index in [0.29, 0.717) is 35.0 Å². The normalized spacial score (nSPS) is 10.6. The summed E-state index contributed by atoms with van der Waals surface area (Å²) in [7, 11) is 0. The van der Waals surface area contributed by atoms with Crippen LogP contribution < -0.4 is 0 Å². The Balaban J connectivity index is 2.46. The third-order valence-electron chi connectivity index (χ3n) is 4.44. The fourth-order valence-electron chi connectivity index (χ4n) is 3.30. The molecule has 3 aromatic carbocycles. The third-order valence-corrected chi connectivity index (χ3v) is 6.24. The van der Waals surface area contributed by atoms with E-state index < -0.39 is 11.9 Å². The molecule has 0 atom stereocenters. The zero-order valence-corrected chi connectivity index (χ0v) is 19.4. The molecule has 0 heterocycles. The number of halogens is 2. The molecule has 0 aromatic heterocycles. The Kier molecular flexibility index (Phi) is 6.37. The highest BCUT2D eigenvalue weighted by Crippen LogP contribution is 2.39. The van der Waals surface area contributed by atoms with E-state index in [4.69, 9.17) is 0 Å². The second kappa shape index (κ2) is 8.62. The van der Waals surface area contributed by atoms with Gasteiger partial charge in [0.1, 0.15) is 0 Å². The van der Waals surface area contributed by atoms with Gasteiger partial charge in [-0.15, -0.1) is 0 Å². The molecule has 0 aliphatic heterocycles. The standard InChI is InChI=1S/C22H14I2O5/c1-11(25)18-12(19-14(21(26)27)7-3-9-16(19)23)5-2-6-13(18)20-15(22(28)29)8-4-10-17(20)24/h2-10H,1H3,(H,26,27)(H,28,29). The highest BCUT2D eigenvalue weighted by atomic mass is 127. The summed E-state index contributed by atoms with van der Waals surface area (Å²) < 4.78 is 1.37. The number of carboxylic acids is 2. The maximum atomic E-state index is 12.7. The zero-order chi connectivity index (χ0) is 21.3. The Morgan fingerprint density at radius 1 is 0.690 bits per heavy atom. The first kappa shape index (κ1) is 21.4. The third kappa shape index (κ3) is 4.06. The van der Waals surface area contributed by atoms with Crippen molar-refractivity contribution >= 4 is 62.9 Å². The molecular formula is C22H14I2O5. The smallest absolute Gasteiger partial charge is 0.336 e. The van der Waals surface area contributed by atoms with Gasteiger partial charge in [-0.2, -0.15) is 0 Å². The van der Waals surface area contributed by atoms with E-state index in [9.17, 15) is 24.6 Å². The van der Waals surface area contributed by atoms with Gasteiger partial charge in [-0.05, 0) is 87.5 Å². The number of rotatable bonds is 5. The number of Topliss-reactive ketones (excluding diaryl/α,β-unsaturated/α-hetero) is 1. The van der Waals surface area contributed by atoms with Gasteiger partial charge in [-0.1, -0.05) is 30.3 Å². The second-order valence-corrected chi connectivity index (χ2v) is 8.54. The molecule has 0 spiro atoms. The van der Waals surface area contributed by atoms with Crippen LogP contribution in [0.3, 0.4) is 0 Å². The maximum Gasteiger partial charge on any atom is 0.336 e. The van der Waals surface area contributed by atoms with Crippen molar-refractivity contribution in [1.82, 2.24) is 0 Å². The van der Waals surface area contributed by atoms with Crippen LogP contribution in [0.15, 0.2) is 54.6 Å². The van der Waals surface area contributed by atoms with E-state index in [1.807, 2.05) is 45.2 Å². The van der Waals surface area contributed by atoms with Gasteiger partial charge in [0, 0.05) is 23.8 Å². The van der Waals surface area contributed by atoms with Crippen LogP contribution in [0.4, 0.5) is 0 Å². The van der Waals surface area contributed by atoms with Gasteiger partial charge in [0.25, 0.3) is 0 Å². The van der Waals surface area contributed by atoms with Crippen LogP contribution in [0.1, 0.15) is 38.0 Å². The number of hydrogen-bond donors (Lipinski definition) is 2. The molecule has 0 unspecified atom stereocenters. The molecule has 7 heteroatoms. The first-order chi connectivity index (χ1) is 13.7. The summed E-state index contributed by atoms with van der Waals surface area (Å²) in [6, 6.07) is 14.9. The average molecular weight is 612 g/mol. The molecule has 0 saturated carbocycles. The summed E-state index contributed by atoms with van der Waals surface area (Å²) in [5.41, 5.74) is 2.27. The van der Waals surface area contributed by atoms with Crippen molar-refractivity contribution in [2.75, 3.05) is 0 Å². The van der Waals surface area contributed by atoms with Crippen molar-refractivity contribution in [3.05, 3.63) is 78.4 Å². The van der Waals surface area contributed by atoms with Gasteiger partial charge >= 0.3 is 11.9 Å². The lowest BCUT2D eigenvalue weighted by Crippen LogP contribution is -2.08. The maximum absolute atomic E-state index is 12.7. The minimum atomic E-state index is -1.10. The van der Waals surface area contributed by atoms with E-state index in [0.717, 1.165) is 0 Å². The predicted molar refractivity (Wildman–Crippen MR) is 127 cm³/mol. The van der Waals surface area contributed by atoms with Crippen LogP contribution in [0, 0.1) is 7.14 Å². The molecule has 0 radical (unpaired) electrons. The first-order valence-electron chi connectivity index (χ1n) is 8.42. The van der Waals surface area contributed by atoms with E-state index in [1.54, 1.807) is 42.5 Å². The van der Waals surface area contributed by atoms with Crippen molar-refractivity contribution in [1.29, 1.82) is 0 Å². The van der Waals surface area contributed by atoms with Crippen molar-refractivity contribution in [3.8, 4) is 22.3 Å². The van der Waals surface area contributed by atoms with Crippen LogP contribution in [0.25, 0.3) is 22.3 Å². The Labute approximate surface area is 194 Å². The molecule has 5 nitrogen and oxygen atoms in total. The Hall–Kier alpha value is -2.27. The summed E-state index contributed by atoms with van der Waals surface area (Å²) in [6.07, 6.45) is 0. The molecule has 0 fully saturated rings. The predicted octanol–water partition coefficient (Wildman–Crippen LogP) is 5.83. The minimum absolute atomic E-state index is 0.0813. The Bertz CT molecular complexity index is 1090. The number of aromatic carboxylic acids is 2. The number of hydrogen-bond acceptors (Lipinski definition) is 3. The van der Waals surface area contributed by atoms with Crippen LogP contribution in [-0.4, -0.2) is 27.9 Å². The van der Waals surface area contributed by atoms with Crippen LogP contribution in [0.2, 0.25) is 0 Å². The number of carbonyl (C=O) groups is 3. The summed E-state index contributed by atoms with van der Waals surface area (Å²) >= 11 is 4.09. The fraction of sp³-hybridized carbons (Fsp3) is 0.0455. The summed E-state index contributed by atoms with van der Waals surface area (Å²) in [4.78, 5) is 36.3. The largest absolute Gasteiger partial charge is 0.478 e. The molecular weight excluding hydrogens is 598 g/mol. The van der Waals surface area contributed by atoms with Gasteiger partial charge in [-0.25, -0.2) is 9.59 Å². The topological polar surface area (TPSA) is 91.7 Å². The van der Waals surface area contributed by atoms with Crippen molar-refractivity contribution < 1.29 is 24.6 Å². The number of carbonyl (C=O) groups excluding carboxylic acids is 1. The quantitative estimate of drug-likeness (QED) is 0.280.